The fraction of sp³-hybridized carbons (Fsp3) is 0.500. The SMILES string of the molecule is CCOC(OCC)c1c(F)cncc1Br. The summed E-state index contributed by atoms with van der Waals surface area (Å²) in [6.45, 7) is 4.58. The molecule has 0 N–H and O–H groups in total. The van der Waals surface area contributed by atoms with Crippen molar-refractivity contribution in [3.63, 3.8) is 0 Å². The zero-order chi connectivity index (χ0) is 11.3. The average molecular weight is 278 g/mol. The van der Waals surface area contributed by atoms with Crippen LogP contribution in [0, 0.1) is 5.82 Å². The second-order valence-corrected chi connectivity index (χ2v) is 3.61. The van der Waals surface area contributed by atoms with Crippen LogP contribution in [0.2, 0.25) is 0 Å². The van der Waals surface area contributed by atoms with Crippen molar-refractivity contribution < 1.29 is 13.9 Å². The van der Waals surface area contributed by atoms with Gasteiger partial charge in [0.15, 0.2) is 12.1 Å². The van der Waals surface area contributed by atoms with E-state index in [2.05, 4.69) is 20.9 Å². The molecule has 0 atom stereocenters. The number of hydrogen-bond acceptors (Lipinski definition) is 3. The van der Waals surface area contributed by atoms with E-state index in [0.717, 1.165) is 6.20 Å². The van der Waals surface area contributed by atoms with Crippen LogP contribution in [-0.4, -0.2) is 18.2 Å². The van der Waals surface area contributed by atoms with Crippen molar-refractivity contribution in [2.24, 2.45) is 0 Å². The molecule has 0 amide bonds. The molecule has 0 saturated carbocycles. The Morgan fingerprint density at radius 1 is 1.33 bits per heavy atom. The molecule has 0 aliphatic rings. The minimum absolute atomic E-state index is 0.355. The summed E-state index contributed by atoms with van der Waals surface area (Å²) < 4.78 is 24.7. The number of pyridine rings is 1. The van der Waals surface area contributed by atoms with Crippen molar-refractivity contribution in [1.29, 1.82) is 0 Å². The smallest absolute Gasteiger partial charge is 0.187 e. The Morgan fingerprint density at radius 2 is 1.93 bits per heavy atom. The van der Waals surface area contributed by atoms with Gasteiger partial charge in [0.2, 0.25) is 0 Å². The second kappa shape index (κ2) is 6.15. The van der Waals surface area contributed by atoms with E-state index in [1.165, 1.54) is 6.20 Å². The number of ether oxygens (including phenoxy) is 2. The summed E-state index contributed by atoms with van der Waals surface area (Å²) >= 11 is 3.23. The van der Waals surface area contributed by atoms with Gasteiger partial charge in [0.25, 0.3) is 0 Å². The molecule has 1 aromatic rings. The van der Waals surface area contributed by atoms with E-state index < -0.39 is 12.1 Å². The van der Waals surface area contributed by atoms with Crippen LogP contribution in [0.3, 0.4) is 0 Å². The standard InChI is InChI=1S/C10H13BrFNO2/c1-3-14-10(15-4-2)9-7(11)5-13-6-8(9)12/h5-6,10H,3-4H2,1-2H3. The van der Waals surface area contributed by atoms with Crippen LogP contribution in [-0.2, 0) is 9.47 Å². The van der Waals surface area contributed by atoms with Crippen LogP contribution in [0.1, 0.15) is 25.7 Å². The van der Waals surface area contributed by atoms with Crippen molar-refractivity contribution in [2.45, 2.75) is 20.1 Å². The molecular formula is C10H13BrFNO2. The van der Waals surface area contributed by atoms with Gasteiger partial charge in [-0.2, -0.15) is 0 Å². The lowest BCUT2D eigenvalue weighted by atomic mass is 10.2. The molecule has 3 nitrogen and oxygen atoms in total. The predicted molar refractivity (Wildman–Crippen MR) is 57.9 cm³/mol. The Morgan fingerprint density at radius 3 is 2.40 bits per heavy atom. The van der Waals surface area contributed by atoms with Crippen LogP contribution in [0.5, 0.6) is 0 Å². The molecule has 0 bridgehead atoms. The first-order valence-electron chi connectivity index (χ1n) is 4.72. The molecule has 5 heteroatoms. The lowest BCUT2D eigenvalue weighted by Gasteiger charge is -2.18. The Labute approximate surface area is 96.7 Å². The first-order valence-corrected chi connectivity index (χ1v) is 5.52. The Hall–Kier alpha value is -0.520. The second-order valence-electron chi connectivity index (χ2n) is 2.76. The summed E-state index contributed by atoms with van der Waals surface area (Å²) in [5.41, 5.74) is 0.355. The maximum absolute atomic E-state index is 13.5. The minimum Gasteiger partial charge on any atom is -0.349 e. The van der Waals surface area contributed by atoms with Gasteiger partial charge in [-0.15, -0.1) is 0 Å². The van der Waals surface area contributed by atoms with Gasteiger partial charge in [0, 0.05) is 23.9 Å². The minimum atomic E-state index is -0.683. The summed E-state index contributed by atoms with van der Waals surface area (Å²) in [6, 6.07) is 0. The third kappa shape index (κ3) is 3.22. The number of hydrogen-bond donors (Lipinski definition) is 0. The van der Waals surface area contributed by atoms with Crippen molar-refractivity contribution >= 4 is 15.9 Å². The fourth-order valence-corrected chi connectivity index (χ4v) is 1.66. The van der Waals surface area contributed by atoms with Crippen LogP contribution in [0.15, 0.2) is 16.9 Å². The molecule has 1 heterocycles. The van der Waals surface area contributed by atoms with Gasteiger partial charge in [-0.25, -0.2) is 4.39 Å². The first kappa shape index (κ1) is 12.5. The highest BCUT2D eigenvalue weighted by molar-refractivity contribution is 9.10. The van der Waals surface area contributed by atoms with Crippen molar-refractivity contribution in [3.8, 4) is 0 Å². The van der Waals surface area contributed by atoms with Crippen molar-refractivity contribution in [3.05, 3.63) is 28.2 Å². The first-order chi connectivity index (χ1) is 7.20. The van der Waals surface area contributed by atoms with E-state index in [0.29, 0.717) is 23.2 Å². The van der Waals surface area contributed by atoms with Gasteiger partial charge in [0.1, 0.15) is 0 Å². The summed E-state index contributed by atoms with van der Waals surface area (Å²) in [6.07, 6.45) is 1.98. The fourth-order valence-electron chi connectivity index (χ4n) is 1.16. The molecule has 84 valence electrons. The van der Waals surface area contributed by atoms with Gasteiger partial charge in [-0.1, -0.05) is 0 Å². The highest BCUT2D eigenvalue weighted by Gasteiger charge is 2.19. The third-order valence-electron chi connectivity index (χ3n) is 1.76. The van der Waals surface area contributed by atoms with Crippen LogP contribution < -0.4 is 0 Å². The molecule has 1 aromatic heterocycles. The summed E-state index contributed by atoms with van der Waals surface area (Å²) in [4.78, 5) is 3.71. The zero-order valence-corrected chi connectivity index (χ0v) is 10.3. The Bertz CT molecular complexity index is 296. The molecular weight excluding hydrogens is 265 g/mol. The van der Waals surface area contributed by atoms with Gasteiger partial charge < -0.3 is 9.47 Å². The highest BCUT2D eigenvalue weighted by Crippen LogP contribution is 2.28. The van der Waals surface area contributed by atoms with Crippen LogP contribution in [0.25, 0.3) is 0 Å². The number of nitrogens with zero attached hydrogens (tertiary/aromatic N) is 1. The molecule has 0 aliphatic carbocycles. The molecule has 0 aliphatic heterocycles. The van der Waals surface area contributed by atoms with E-state index in [4.69, 9.17) is 9.47 Å². The molecule has 1 rings (SSSR count). The Kier molecular flexibility index (Phi) is 5.14. The van der Waals surface area contributed by atoms with Crippen LogP contribution in [0.4, 0.5) is 4.39 Å². The largest absolute Gasteiger partial charge is 0.349 e. The summed E-state index contributed by atoms with van der Waals surface area (Å²) in [5, 5.41) is 0. The molecule has 0 spiro atoms. The van der Waals surface area contributed by atoms with E-state index in [1.807, 2.05) is 13.8 Å². The molecule has 15 heavy (non-hydrogen) atoms. The van der Waals surface area contributed by atoms with E-state index in [1.54, 1.807) is 0 Å². The number of rotatable bonds is 5. The lowest BCUT2D eigenvalue weighted by molar-refractivity contribution is -0.142. The average Bonchev–Trinajstić information content (AvgIpc) is 2.18. The number of aromatic nitrogens is 1. The van der Waals surface area contributed by atoms with Crippen molar-refractivity contribution in [2.75, 3.05) is 13.2 Å². The molecule has 0 unspecified atom stereocenters. The quantitative estimate of drug-likeness (QED) is 0.776. The summed E-state index contributed by atoms with van der Waals surface area (Å²) in [5.74, 6) is -0.434. The van der Waals surface area contributed by atoms with Gasteiger partial charge in [-0.05, 0) is 29.8 Å². The lowest BCUT2D eigenvalue weighted by Crippen LogP contribution is -2.11. The zero-order valence-electron chi connectivity index (χ0n) is 8.67. The molecule has 0 fully saturated rings. The molecule has 0 radical (unpaired) electrons. The van der Waals surface area contributed by atoms with Gasteiger partial charge in [-0.3, -0.25) is 4.98 Å². The van der Waals surface area contributed by atoms with Crippen LogP contribution >= 0.6 is 15.9 Å². The van der Waals surface area contributed by atoms with Crippen molar-refractivity contribution in [1.82, 2.24) is 4.98 Å². The third-order valence-corrected chi connectivity index (χ3v) is 2.39. The number of halogens is 2. The Balaban J connectivity index is 2.98. The normalized spacial score (nSPS) is 11.0. The maximum atomic E-state index is 13.5. The summed E-state index contributed by atoms with van der Waals surface area (Å²) in [7, 11) is 0. The molecule has 0 aromatic carbocycles. The maximum Gasteiger partial charge on any atom is 0.187 e. The molecule has 0 saturated heterocycles. The topological polar surface area (TPSA) is 31.4 Å². The predicted octanol–water partition coefficient (Wildman–Crippen LogP) is 3.05. The van der Waals surface area contributed by atoms with Gasteiger partial charge in [0.05, 0.1) is 11.8 Å². The van der Waals surface area contributed by atoms with E-state index in [9.17, 15) is 4.39 Å². The monoisotopic (exact) mass is 277 g/mol. The van der Waals surface area contributed by atoms with Gasteiger partial charge >= 0.3 is 0 Å². The highest BCUT2D eigenvalue weighted by atomic mass is 79.9. The van der Waals surface area contributed by atoms with E-state index in [-0.39, 0.29) is 0 Å². The van der Waals surface area contributed by atoms with E-state index >= 15 is 0 Å².